The Morgan fingerprint density at radius 1 is 1.56 bits per heavy atom. The van der Waals surface area contributed by atoms with E-state index in [0.717, 1.165) is 0 Å². The first-order valence-corrected chi connectivity index (χ1v) is 5.78. The number of H-pyrrole nitrogens is 1. The van der Waals surface area contributed by atoms with Gasteiger partial charge in [0.15, 0.2) is 10.8 Å². The first kappa shape index (κ1) is 10.5. The van der Waals surface area contributed by atoms with E-state index in [9.17, 15) is 8.42 Å². The maximum atomic E-state index is 11.8. The van der Waals surface area contributed by atoms with Crippen molar-refractivity contribution >= 4 is 21.5 Å². The number of hydrogen-bond acceptors (Lipinski definition) is 5. The molecule has 0 aliphatic heterocycles. The minimum absolute atomic E-state index is 0.0342. The van der Waals surface area contributed by atoms with Crippen LogP contribution in [-0.4, -0.2) is 28.4 Å². The van der Waals surface area contributed by atoms with E-state index in [1.165, 1.54) is 23.1 Å². The SMILES string of the molecule is Cn1ncc(N)c1NS(=O)(=O)c1ccn[nH]1. The molecule has 8 nitrogen and oxygen atoms in total. The number of aryl methyl sites for hydroxylation is 1. The molecule has 0 radical (unpaired) electrons. The number of rotatable bonds is 3. The van der Waals surface area contributed by atoms with Crippen LogP contribution in [0.5, 0.6) is 0 Å². The molecule has 0 spiro atoms. The zero-order valence-electron chi connectivity index (χ0n) is 8.38. The molecule has 9 heteroatoms. The molecule has 2 aromatic rings. The van der Waals surface area contributed by atoms with Gasteiger partial charge in [0.05, 0.1) is 18.1 Å². The lowest BCUT2D eigenvalue weighted by Crippen LogP contribution is -2.16. The predicted octanol–water partition coefficient (Wildman–Crippen LogP) is -0.474. The molecule has 2 rings (SSSR count). The summed E-state index contributed by atoms with van der Waals surface area (Å²) >= 11 is 0. The monoisotopic (exact) mass is 242 g/mol. The molecule has 0 amide bonds. The fourth-order valence-corrected chi connectivity index (χ4v) is 2.18. The van der Waals surface area contributed by atoms with Gasteiger partial charge in [0, 0.05) is 7.05 Å². The fourth-order valence-electron chi connectivity index (χ4n) is 1.15. The lowest BCUT2D eigenvalue weighted by molar-refractivity contribution is 0.596. The predicted molar refractivity (Wildman–Crippen MR) is 57.0 cm³/mol. The molecule has 0 atom stereocenters. The Bertz CT molecular complexity index is 565. The Hall–Kier alpha value is -2.03. The molecule has 0 saturated carbocycles. The second-order valence-corrected chi connectivity index (χ2v) is 4.75. The highest BCUT2D eigenvalue weighted by Crippen LogP contribution is 2.19. The quantitative estimate of drug-likeness (QED) is 0.672. The summed E-state index contributed by atoms with van der Waals surface area (Å²) in [6, 6.07) is 1.34. The number of sulfonamides is 1. The van der Waals surface area contributed by atoms with Crippen LogP contribution in [0, 0.1) is 0 Å². The van der Waals surface area contributed by atoms with Gasteiger partial charge in [0.2, 0.25) is 0 Å². The van der Waals surface area contributed by atoms with Gasteiger partial charge in [-0.2, -0.15) is 18.6 Å². The van der Waals surface area contributed by atoms with Crippen molar-refractivity contribution in [3.63, 3.8) is 0 Å². The molecule has 2 aromatic heterocycles. The number of nitrogen functional groups attached to an aromatic ring is 1. The highest BCUT2D eigenvalue weighted by atomic mass is 32.2. The zero-order valence-corrected chi connectivity index (χ0v) is 9.19. The Morgan fingerprint density at radius 2 is 2.31 bits per heavy atom. The van der Waals surface area contributed by atoms with Crippen molar-refractivity contribution in [1.29, 1.82) is 0 Å². The van der Waals surface area contributed by atoms with Gasteiger partial charge in [-0.15, -0.1) is 0 Å². The number of aromatic nitrogens is 4. The number of anilines is 2. The normalized spacial score (nSPS) is 11.6. The highest BCUT2D eigenvalue weighted by Gasteiger charge is 2.18. The summed E-state index contributed by atoms with van der Waals surface area (Å²) in [5, 5.41) is 9.71. The van der Waals surface area contributed by atoms with Gasteiger partial charge in [-0.1, -0.05) is 0 Å². The number of nitrogens with one attached hydrogen (secondary N) is 2. The topological polar surface area (TPSA) is 119 Å². The summed E-state index contributed by atoms with van der Waals surface area (Å²) in [6.07, 6.45) is 2.71. The minimum Gasteiger partial charge on any atom is -0.394 e. The summed E-state index contributed by atoms with van der Waals surface area (Å²) in [6.45, 7) is 0. The van der Waals surface area contributed by atoms with Crippen LogP contribution in [-0.2, 0) is 17.1 Å². The molecule has 0 aliphatic carbocycles. The van der Waals surface area contributed by atoms with E-state index in [0.29, 0.717) is 0 Å². The van der Waals surface area contributed by atoms with Crippen molar-refractivity contribution in [1.82, 2.24) is 20.0 Å². The van der Waals surface area contributed by atoms with Crippen LogP contribution in [0.1, 0.15) is 0 Å². The summed E-state index contributed by atoms with van der Waals surface area (Å²) < 4.78 is 27.2. The van der Waals surface area contributed by atoms with Gasteiger partial charge >= 0.3 is 0 Å². The number of aromatic amines is 1. The van der Waals surface area contributed by atoms with E-state index < -0.39 is 10.0 Å². The van der Waals surface area contributed by atoms with Gasteiger partial charge in [-0.25, -0.2) is 0 Å². The van der Waals surface area contributed by atoms with Crippen LogP contribution >= 0.6 is 0 Å². The molecule has 0 fully saturated rings. The zero-order chi connectivity index (χ0) is 11.8. The van der Waals surface area contributed by atoms with Crippen molar-refractivity contribution in [2.75, 3.05) is 10.5 Å². The molecule has 0 unspecified atom stereocenters. The lowest BCUT2D eigenvalue weighted by atomic mass is 10.5. The van der Waals surface area contributed by atoms with E-state index in [-0.39, 0.29) is 16.5 Å². The third kappa shape index (κ3) is 1.72. The van der Waals surface area contributed by atoms with E-state index in [4.69, 9.17) is 5.73 Å². The smallest absolute Gasteiger partial charge is 0.280 e. The average molecular weight is 242 g/mol. The van der Waals surface area contributed by atoms with Crippen molar-refractivity contribution in [2.45, 2.75) is 5.03 Å². The molecule has 4 N–H and O–H groups in total. The molecular weight excluding hydrogens is 232 g/mol. The van der Waals surface area contributed by atoms with Gasteiger partial charge in [0.25, 0.3) is 10.0 Å². The van der Waals surface area contributed by atoms with Gasteiger partial charge in [-0.3, -0.25) is 14.5 Å². The van der Waals surface area contributed by atoms with Crippen LogP contribution in [0.4, 0.5) is 11.5 Å². The van der Waals surface area contributed by atoms with Crippen molar-refractivity contribution < 1.29 is 8.42 Å². The second-order valence-electron chi connectivity index (χ2n) is 3.10. The number of hydrogen-bond donors (Lipinski definition) is 3. The molecule has 0 aliphatic rings. The highest BCUT2D eigenvalue weighted by molar-refractivity contribution is 7.92. The first-order chi connectivity index (χ1) is 7.50. The summed E-state index contributed by atoms with van der Waals surface area (Å²) in [5.41, 5.74) is 5.82. The van der Waals surface area contributed by atoms with Crippen molar-refractivity contribution in [3.05, 3.63) is 18.5 Å². The molecule has 86 valence electrons. The summed E-state index contributed by atoms with van der Waals surface area (Å²) in [5.74, 6) is 0.217. The van der Waals surface area contributed by atoms with Crippen molar-refractivity contribution in [3.8, 4) is 0 Å². The summed E-state index contributed by atoms with van der Waals surface area (Å²) in [7, 11) is -2.11. The van der Waals surface area contributed by atoms with Crippen LogP contribution in [0.25, 0.3) is 0 Å². The summed E-state index contributed by atoms with van der Waals surface area (Å²) in [4.78, 5) is 0. The van der Waals surface area contributed by atoms with Crippen LogP contribution in [0.3, 0.4) is 0 Å². The maximum absolute atomic E-state index is 11.8. The van der Waals surface area contributed by atoms with Crippen LogP contribution < -0.4 is 10.5 Å². The van der Waals surface area contributed by atoms with E-state index in [1.807, 2.05) is 0 Å². The Kier molecular flexibility index (Phi) is 2.31. The van der Waals surface area contributed by atoms with E-state index in [2.05, 4.69) is 20.0 Å². The Balaban J connectivity index is 2.36. The second kappa shape index (κ2) is 3.52. The number of nitrogens with two attached hydrogens (primary N) is 1. The average Bonchev–Trinajstić information content (AvgIpc) is 2.83. The molecule has 0 aromatic carbocycles. The fraction of sp³-hybridized carbons (Fsp3) is 0.143. The van der Waals surface area contributed by atoms with E-state index >= 15 is 0 Å². The van der Waals surface area contributed by atoms with Gasteiger partial charge in [0.1, 0.15) is 0 Å². The molecule has 16 heavy (non-hydrogen) atoms. The van der Waals surface area contributed by atoms with Gasteiger partial charge < -0.3 is 5.73 Å². The minimum atomic E-state index is -3.69. The third-order valence-corrected chi connectivity index (χ3v) is 3.23. The van der Waals surface area contributed by atoms with Gasteiger partial charge in [-0.05, 0) is 6.07 Å². The Labute approximate surface area is 91.5 Å². The molecule has 2 heterocycles. The molecule has 0 saturated heterocycles. The van der Waals surface area contributed by atoms with Crippen LogP contribution in [0.2, 0.25) is 0 Å². The van der Waals surface area contributed by atoms with Crippen molar-refractivity contribution in [2.24, 2.45) is 7.05 Å². The standard InChI is InChI=1S/C7H10N6O2S/c1-13-7(5(8)4-10-13)12-16(14,15)6-2-3-9-11-6/h2-4,12H,8H2,1H3,(H,9,11). The lowest BCUT2D eigenvalue weighted by Gasteiger charge is -2.06. The first-order valence-electron chi connectivity index (χ1n) is 4.30. The number of nitrogens with zero attached hydrogens (tertiary/aromatic N) is 3. The van der Waals surface area contributed by atoms with Crippen LogP contribution in [0.15, 0.2) is 23.5 Å². The third-order valence-electron chi connectivity index (χ3n) is 1.96. The van der Waals surface area contributed by atoms with E-state index in [1.54, 1.807) is 7.05 Å². The Morgan fingerprint density at radius 3 is 2.81 bits per heavy atom. The molecule has 0 bridgehead atoms. The molecular formula is C7H10N6O2S. The maximum Gasteiger partial charge on any atom is 0.280 e. The largest absolute Gasteiger partial charge is 0.394 e.